The molecule has 2 aromatic rings. The van der Waals surface area contributed by atoms with E-state index in [0.29, 0.717) is 0 Å². The Kier molecular flexibility index (Phi) is 4.17. The zero-order valence-electron chi connectivity index (χ0n) is 11.6. The lowest BCUT2D eigenvalue weighted by Crippen LogP contribution is -2.32. The quantitative estimate of drug-likeness (QED) is 0.808. The summed E-state index contributed by atoms with van der Waals surface area (Å²) < 4.78 is 0. The van der Waals surface area contributed by atoms with Crippen molar-refractivity contribution in [2.75, 3.05) is 12.3 Å². The number of nitrogens with two attached hydrogens (primary N) is 1. The lowest BCUT2D eigenvalue weighted by atomic mass is 9.85. The molecule has 3 heteroatoms. The summed E-state index contributed by atoms with van der Waals surface area (Å²) >= 11 is 0. The second kappa shape index (κ2) is 5.85. The van der Waals surface area contributed by atoms with Gasteiger partial charge in [-0.1, -0.05) is 32.0 Å². The van der Waals surface area contributed by atoms with Crippen LogP contribution in [0.5, 0.6) is 0 Å². The van der Waals surface area contributed by atoms with Gasteiger partial charge in [-0.15, -0.1) is 0 Å². The molecule has 0 bridgehead atoms. The van der Waals surface area contributed by atoms with Crippen LogP contribution in [0.4, 0.5) is 5.69 Å². The van der Waals surface area contributed by atoms with Gasteiger partial charge in [-0.2, -0.15) is 0 Å². The van der Waals surface area contributed by atoms with E-state index in [9.17, 15) is 0 Å². The highest BCUT2D eigenvalue weighted by atomic mass is 14.9. The van der Waals surface area contributed by atoms with Crippen LogP contribution in [0.25, 0.3) is 0 Å². The molecule has 1 aromatic carbocycles. The minimum atomic E-state index is 0.0715. The number of benzene rings is 1. The molecule has 0 atom stereocenters. The van der Waals surface area contributed by atoms with Crippen LogP contribution in [0, 0.1) is 0 Å². The fraction of sp³-hybridized carbons (Fsp3) is 0.312. The maximum absolute atomic E-state index is 5.67. The molecule has 0 radical (unpaired) electrons. The van der Waals surface area contributed by atoms with Gasteiger partial charge >= 0.3 is 0 Å². The first-order chi connectivity index (χ1) is 9.08. The molecule has 1 heterocycles. The second-order valence-corrected chi connectivity index (χ2v) is 5.47. The van der Waals surface area contributed by atoms with E-state index in [1.165, 1.54) is 11.1 Å². The Morgan fingerprint density at radius 1 is 1.16 bits per heavy atom. The molecule has 19 heavy (non-hydrogen) atoms. The molecule has 100 valence electrons. The number of anilines is 1. The standard InChI is InChI=1S/C16H21N3/c1-16(2,14-4-3-9-18-11-14)12-19-10-13-5-7-15(17)8-6-13/h3-9,11,19H,10,12,17H2,1-2H3. The first-order valence-electron chi connectivity index (χ1n) is 6.53. The van der Waals surface area contributed by atoms with Gasteiger partial charge in [-0.05, 0) is 29.3 Å². The number of rotatable bonds is 5. The molecule has 0 aliphatic rings. The van der Waals surface area contributed by atoms with E-state index < -0.39 is 0 Å². The topological polar surface area (TPSA) is 50.9 Å². The van der Waals surface area contributed by atoms with Crippen molar-refractivity contribution in [1.29, 1.82) is 0 Å². The molecule has 2 rings (SSSR count). The number of nitrogens with zero attached hydrogens (tertiary/aromatic N) is 1. The van der Waals surface area contributed by atoms with E-state index >= 15 is 0 Å². The molecule has 0 spiro atoms. The summed E-state index contributed by atoms with van der Waals surface area (Å²) in [6, 6.07) is 12.1. The summed E-state index contributed by atoms with van der Waals surface area (Å²) in [5.74, 6) is 0. The van der Waals surface area contributed by atoms with Gasteiger partial charge in [0.2, 0.25) is 0 Å². The fourth-order valence-electron chi connectivity index (χ4n) is 2.02. The van der Waals surface area contributed by atoms with Crippen molar-refractivity contribution in [3.05, 3.63) is 59.9 Å². The number of nitrogen functional groups attached to an aromatic ring is 1. The maximum atomic E-state index is 5.67. The van der Waals surface area contributed by atoms with Crippen LogP contribution < -0.4 is 11.1 Å². The third-order valence-electron chi connectivity index (χ3n) is 3.32. The molecule has 0 fully saturated rings. The van der Waals surface area contributed by atoms with Crippen molar-refractivity contribution < 1.29 is 0 Å². The Morgan fingerprint density at radius 3 is 2.53 bits per heavy atom. The van der Waals surface area contributed by atoms with Crippen LogP contribution in [-0.4, -0.2) is 11.5 Å². The van der Waals surface area contributed by atoms with Gasteiger partial charge in [0.15, 0.2) is 0 Å². The Morgan fingerprint density at radius 2 is 1.89 bits per heavy atom. The van der Waals surface area contributed by atoms with Crippen molar-refractivity contribution in [2.24, 2.45) is 0 Å². The average Bonchev–Trinajstić information content (AvgIpc) is 2.42. The molecular weight excluding hydrogens is 234 g/mol. The minimum Gasteiger partial charge on any atom is -0.399 e. The van der Waals surface area contributed by atoms with E-state index in [4.69, 9.17) is 5.73 Å². The average molecular weight is 255 g/mol. The molecule has 0 amide bonds. The normalized spacial score (nSPS) is 11.5. The lowest BCUT2D eigenvalue weighted by Gasteiger charge is -2.25. The Hall–Kier alpha value is -1.87. The molecule has 0 saturated carbocycles. The molecule has 0 saturated heterocycles. The number of pyridine rings is 1. The van der Waals surface area contributed by atoms with Crippen LogP contribution in [-0.2, 0) is 12.0 Å². The molecule has 0 aliphatic carbocycles. The van der Waals surface area contributed by atoms with Gasteiger partial charge in [0.05, 0.1) is 0 Å². The molecule has 1 aromatic heterocycles. The lowest BCUT2D eigenvalue weighted by molar-refractivity contribution is 0.467. The minimum absolute atomic E-state index is 0.0715. The summed E-state index contributed by atoms with van der Waals surface area (Å²) in [6.07, 6.45) is 3.74. The van der Waals surface area contributed by atoms with Crippen LogP contribution in [0.3, 0.4) is 0 Å². The molecule has 3 nitrogen and oxygen atoms in total. The number of aromatic nitrogens is 1. The molecule has 0 unspecified atom stereocenters. The highest BCUT2D eigenvalue weighted by Crippen LogP contribution is 2.21. The number of nitrogens with one attached hydrogen (secondary N) is 1. The van der Waals surface area contributed by atoms with Gasteiger partial charge < -0.3 is 11.1 Å². The van der Waals surface area contributed by atoms with Gasteiger partial charge in [0.25, 0.3) is 0 Å². The maximum Gasteiger partial charge on any atom is 0.0314 e. The number of hydrogen-bond donors (Lipinski definition) is 2. The molecule has 3 N–H and O–H groups in total. The van der Waals surface area contributed by atoms with Gasteiger partial charge in [0.1, 0.15) is 0 Å². The zero-order chi connectivity index (χ0) is 13.7. The Bertz CT molecular complexity index is 503. The number of hydrogen-bond acceptors (Lipinski definition) is 3. The first kappa shape index (κ1) is 13.6. The van der Waals surface area contributed by atoms with Crippen LogP contribution >= 0.6 is 0 Å². The molecular formula is C16H21N3. The summed E-state index contributed by atoms with van der Waals surface area (Å²) in [7, 11) is 0. The largest absolute Gasteiger partial charge is 0.399 e. The smallest absolute Gasteiger partial charge is 0.0314 e. The highest BCUT2D eigenvalue weighted by molar-refractivity contribution is 5.39. The second-order valence-electron chi connectivity index (χ2n) is 5.47. The predicted octanol–water partition coefficient (Wildman–Crippen LogP) is 2.73. The van der Waals surface area contributed by atoms with Crippen LogP contribution in [0.1, 0.15) is 25.0 Å². The summed E-state index contributed by atoms with van der Waals surface area (Å²) in [4.78, 5) is 4.19. The van der Waals surface area contributed by atoms with Crippen molar-refractivity contribution in [2.45, 2.75) is 25.8 Å². The van der Waals surface area contributed by atoms with Crippen molar-refractivity contribution in [1.82, 2.24) is 10.3 Å². The molecule has 0 aliphatic heterocycles. The van der Waals surface area contributed by atoms with Crippen LogP contribution in [0.2, 0.25) is 0 Å². The van der Waals surface area contributed by atoms with E-state index in [2.05, 4.69) is 42.3 Å². The van der Waals surface area contributed by atoms with E-state index in [-0.39, 0.29) is 5.41 Å². The fourth-order valence-corrected chi connectivity index (χ4v) is 2.02. The van der Waals surface area contributed by atoms with Gasteiger partial charge in [-0.3, -0.25) is 4.98 Å². The van der Waals surface area contributed by atoms with Crippen molar-refractivity contribution >= 4 is 5.69 Å². The summed E-state index contributed by atoms with van der Waals surface area (Å²) in [5, 5.41) is 3.49. The summed E-state index contributed by atoms with van der Waals surface area (Å²) in [6.45, 7) is 6.20. The monoisotopic (exact) mass is 255 g/mol. The van der Waals surface area contributed by atoms with Gasteiger partial charge in [0, 0.05) is 36.6 Å². The SMILES string of the molecule is CC(C)(CNCc1ccc(N)cc1)c1cccnc1. The first-order valence-corrected chi connectivity index (χ1v) is 6.53. The van der Waals surface area contributed by atoms with E-state index in [0.717, 1.165) is 18.8 Å². The van der Waals surface area contributed by atoms with Crippen molar-refractivity contribution in [3.63, 3.8) is 0 Å². The van der Waals surface area contributed by atoms with Gasteiger partial charge in [-0.25, -0.2) is 0 Å². The zero-order valence-corrected chi connectivity index (χ0v) is 11.6. The third kappa shape index (κ3) is 3.80. The Balaban J connectivity index is 1.90. The highest BCUT2D eigenvalue weighted by Gasteiger charge is 2.19. The third-order valence-corrected chi connectivity index (χ3v) is 3.32. The Labute approximate surface area is 114 Å². The summed E-state index contributed by atoms with van der Waals surface area (Å²) in [5.41, 5.74) is 9.05. The van der Waals surface area contributed by atoms with Crippen LogP contribution in [0.15, 0.2) is 48.8 Å². The predicted molar refractivity (Wildman–Crippen MR) is 79.8 cm³/mol. The van der Waals surface area contributed by atoms with E-state index in [1.54, 1.807) is 6.20 Å². The van der Waals surface area contributed by atoms with E-state index in [1.807, 2.05) is 24.4 Å². The van der Waals surface area contributed by atoms with Crippen molar-refractivity contribution in [3.8, 4) is 0 Å².